The summed E-state index contributed by atoms with van der Waals surface area (Å²) in [5.74, 6) is 0.0516. The molecule has 1 amide bonds. The summed E-state index contributed by atoms with van der Waals surface area (Å²) in [5, 5.41) is 3.32. The maximum Gasteiger partial charge on any atom is 0.309 e. The summed E-state index contributed by atoms with van der Waals surface area (Å²) in [7, 11) is -0.739. The van der Waals surface area contributed by atoms with Crippen molar-refractivity contribution < 1.29 is 31.3 Å². The number of amides is 1. The van der Waals surface area contributed by atoms with Crippen LogP contribution in [-0.2, 0) is 21.5 Å². The number of anilines is 2. The number of halogens is 2. The van der Waals surface area contributed by atoms with Gasteiger partial charge in [0.25, 0.3) is 5.91 Å². The molecule has 0 bridgehead atoms. The van der Waals surface area contributed by atoms with Crippen molar-refractivity contribution in [2.45, 2.75) is 64.1 Å². The van der Waals surface area contributed by atoms with E-state index in [-0.39, 0.29) is 35.9 Å². The highest BCUT2D eigenvalue weighted by molar-refractivity contribution is 7.87. The molecule has 2 aliphatic rings. The quantitative estimate of drug-likeness (QED) is 0.136. The molecule has 1 fully saturated rings. The number of methoxy groups -OCH3 is 1. The highest BCUT2D eigenvalue weighted by atomic mass is 35.5. The number of fused-ring (bicyclic) bond motifs is 1. The number of piperidine rings is 1. The van der Waals surface area contributed by atoms with Gasteiger partial charge in [0.05, 0.1) is 29.7 Å². The van der Waals surface area contributed by atoms with Gasteiger partial charge in [-0.2, -0.15) is 8.42 Å². The SMILES string of the molecule is COc1cc(OS(=O)(=O)CCC(Cl)N2CCCCC2)ccc1-c1ccc2c(c1COc1cc(F)ccc1C)N(C)C(=O)C(C)(C)N2. The summed E-state index contributed by atoms with van der Waals surface area (Å²) in [6.07, 6.45) is 3.53. The molecule has 1 unspecified atom stereocenters. The van der Waals surface area contributed by atoms with Crippen LogP contribution in [0.5, 0.6) is 17.2 Å². The van der Waals surface area contributed by atoms with Gasteiger partial charge in [0, 0.05) is 30.3 Å². The number of aryl methyl sites for hydroxylation is 1. The average molecular weight is 674 g/mol. The third kappa shape index (κ3) is 7.37. The first-order valence-electron chi connectivity index (χ1n) is 15.4. The zero-order valence-corrected chi connectivity index (χ0v) is 28.4. The predicted octanol–water partition coefficient (Wildman–Crippen LogP) is 6.71. The second kappa shape index (κ2) is 13.7. The Kier molecular flexibility index (Phi) is 10.0. The number of ether oxygens (including phenoxy) is 2. The van der Waals surface area contributed by atoms with Gasteiger partial charge in [-0.3, -0.25) is 9.69 Å². The van der Waals surface area contributed by atoms with Crippen LogP contribution in [0.1, 0.15) is 50.7 Å². The van der Waals surface area contributed by atoms with Crippen LogP contribution in [0.15, 0.2) is 48.5 Å². The number of hydrogen-bond donors (Lipinski definition) is 1. The fraction of sp³-hybridized carbons (Fsp3) is 0.441. The van der Waals surface area contributed by atoms with Gasteiger partial charge >= 0.3 is 10.1 Å². The van der Waals surface area contributed by atoms with Crippen LogP contribution in [-0.4, -0.2) is 63.3 Å². The van der Waals surface area contributed by atoms with Gasteiger partial charge in [0.15, 0.2) is 0 Å². The van der Waals surface area contributed by atoms with Crippen LogP contribution in [0.4, 0.5) is 15.8 Å². The van der Waals surface area contributed by atoms with E-state index in [2.05, 4.69) is 10.2 Å². The van der Waals surface area contributed by atoms with E-state index in [4.69, 9.17) is 25.3 Å². The van der Waals surface area contributed by atoms with Crippen molar-refractivity contribution in [2.24, 2.45) is 0 Å². The molecule has 12 heteroatoms. The van der Waals surface area contributed by atoms with Crippen LogP contribution in [0.3, 0.4) is 0 Å². The molecule has 9 nitrogen and oxygen atoms in total. The Morgan fingerprint density at radius 1 is 1.02 bits per heavy atom. The van der Waals surface area contributed by atoms with Gasteiger partial charge < -0.3 is 23.9 Å². The molecular weight excluding hydrogens is 633 g/mol. The minimum absolute atomic E-state index is 0.00885. The molecule has 0 aliphatic carbocycles. The largest absolute Gasteiger partial charge is 0.496 e. The van der Waals surface area contributed by atoms with E-state index in [9.17, 15) is 17.6 Å². The van der Waals surface area contributed by atoms with Crippen LogP contribution < -0.4 is 23.9 Å². The average Bonchev–Trinajstić information content (AvgIpc) is 3.03. The molecule has 1 saturated heterocycles. The Balaban J connectivity index is 1.46. The zero-order valence-electron chi connectivity index (χ0n) is 26.9. The number of rotatable bonds is 11. The lowest BCUT2D eigenvalue weighted by molar-refractivity contribution is -0.121. The van der Waals surface area contributed by atoms with Gasteiger partial charge in [0.1, 0.15) is 35.2 Å². The van der Waals surface area contributed by atoms with Crippen LogP contribution >= 0.6 is 11.6 Å². The van der Waals surface area contributed by atoms with Crippen molar-refractivity contribution in [3.05, 3.63) is 65.5 Å². The summed E-state index contributed by atoms with van der Waals surface area (Å²) in [5.41, 5.74) is 2.87. The fourth-order valence-corrected chi connectivity index (χ4v) is 7.49. The van der Waals surface area contributed by atoms with Gasteiger partial charge in [-0.15, -0.1) is 11.6 Å². The molecule has 0 spiro atoms. The maximum atomic E-state index is 14.1. The van der Waals surface area contributed by atoms with E-state index in [0.717, 1.165) is 43.6 Å². The molecule has 2 heterocycles. The third-order valence-corrected chi connectivity index (χ3v) is 10.2. The van der Waals surface area contributed by atoms with Crippen molar-refractivity contribution in [1.29, 1.82) is 0 Å². The van der Waals surface area contributed by atoms with Crippen LogP contribution in [0.25, 0.3) is 11.1 Å². The number of alkyl halides is 1. The Morgan fingerprint density at radius 2 is 1.74 bits per heavy atom. The molecule has 46 heavy (non-hydrogen) atoms. The number of carbonyl (C=O) groups excluding carboxylic acids is 1. The summed E-state index contributed by atoms with van der Waals surface area (Å²) in [4.78, 5) is 17.0. The van der Waals surface area contributed by atoms with Gasteiger partial charge in [-0.25, -0.2) is 4.39 Å². The first-order chi connectivity index (χ1) is 21.8. The van der Waals surface area contributed by atoms with Crippen LogP contribution in [0, 0.1) is 12.7 Å². The zero-order chi connectivity index (χ0) is 33.2. The first kappa shape index (κ1) is 33.8. The summed E-state index contributed by atoms with van der Waals surface area (Å²) in [6, 6.07) is 12.9. The van der Waals surface area contributed by atoms with E-state index in [1.165, 1.54) is 25.3 Å². The van der Waals surface area contributed by atoms with Crippen LogP contribution in [0.2, 0.25) is 0 Å². The van der Waals surface area contributed by atoms with E-state index in [1.54, 1.807) is 30.1 Å². The lowest BCUT2D eigenvalue weighted by Gasteiger charge is -2.39. The number of likely N-dealkylation sites (N-methyl/N-ethyl adjacent to an activating group) is 1. The molecule has 248 valence electrons. The van der Waals surface area contributed by atoms with E-state index in [1.807, 2.05) is 32.9 Å². The Bertz CT molecular complexity index is 1710. The number of nitrogens with zero attached hydrogens (tertiary/aromatic N) is 2. The molecule has 1 N–H and O–H groups in total. The summed E-state index contributed by atoms with van der Waals surface area (Å²) in [6.45, 7) is 7.19. The van der Waals surface area contributed by atoms with Crippen molar-refractivity contribution in [2.75, 3.05) is 43.2 Å². The molecule has 0 aromatic heterocycles. The van der Waals surface area contributed by atoms with E-state index < -0.39 is 21.5 Å². The predicted molar refractivity (Wildman–Crippen MR) is 179 cm³/mol. The minimum atomic E-state index is -3.93. The van der Waals surface area contributed by atoms with Crippen molar-refractivity contribution in [3.8, 4) is 28.4 Å². The van der Waals surface area contributed by atoms with Gasteiger partial charge in [0.2, 0.25) is 0 Å². The van der Waals surface area contributed by atoms with E-state index in [0.29, 0.717) is 33.9 Å². The molecule has 1 atom stereocenters. The topological polar surface area (TPSA) is 97.4 Å². The molecular formula is C34H41ClFN3O6S. The number of benzene rings is 3. The number of likely N-dealkylation sites (tertiary alicyclic amines) is 1. The highest BCUT2D eigenvalue weighted by Gasteiger charge is 2.39. The molecule has 0 radical (unpaired) electrons. The lowest BCUT2D eigenvalue weighted by Crippen LogP contribution is -2.52. The smallest absolute Gasteiger partial charge is 0.309 e. The monoisotopic (exact) mass is 673 g/mol. The molecule has 0 saturated carbocycles. The Morgan fingerprint density at radius 3 is 2.46 bits per heavy atom. The molecule has 2 aliphatic heterocycles. The van der Waals surface area contributed by atoms with Gasteiger partial charge in [-0.05, 0) is 88.5 Å². The normalized spacial score (nSPS) is 17.2. The van der Waals surface area contributed by atoms with E-state index >= 15 is 0 Å². The molecule has 3 aromatic rings. The van der Waals surface area contributed by atoms with Gasteiger partial charge in [-0.1, -0.05) is 18.6 Å². The molecule has 3 aromatic carbocycles. The lowest BCUT2D eigenvalue weighted by atomic mass is 9.91. The van der Waals surface area contributed by atoms with Crippen molar-refractivity contribution in [3.63, 3.8) is 0 Å². The second-order valence-corrected chi connectivity index (χ2v) is 14.5. The maximum absolute atomic E-state index is 14.1. The number of nitrogens with one attached hydrogen (secondary N) is 1. The Hall–Kier alpha value is -3.54. The first-order valence-corrected chi connectivity index (χ1v) is 17.4. The number of hydrogen-bond acceptors (Lipinski definition) is 8. The number of carbonyl (C=O) groups is 1. The Labute approximate surface area is 275 Å². The van der Waals surface area contributed by atoms with Crippen molar-refractivity contribution in [1.82, 2.24) is 4.90 Å². The third-order valence-electron chi connectivity index (χ3n) is 8.51. The fourth-order valence-electron chi connectivity index (χ4n) is 6.07. The minimum Gasteiger partial charge on any atom is -0.496 e. The molecule has 5 rings (SSSR count). The summed E-state index contributed by atoms with van der Waals surface area (Å²) < 4.78 is 57.3. The standard InChI is InChI=1S/C34H41ClFN3O6S/c1-22-9-10-23(36)19-29(22)44-21-27-25(13-14-28-32(27)38(4)33(40)34(2,3)37-28)26-12-11-24(20-30(26)43-5)45-46(41,42)18-15-31(35)39-16-7-6-8-17-39/h9-14,19-20,31,37H,6-8,15-18,21H2,1-5H3. The second-order valence-electron chi connectivity index (χ2n) is 12.3. The highest BCUT2D eigenvalue weighted by Crippen LogP contribution is 2.45. The summed E-state index contributed by atoms with van der Waals surface area (Å²) >= 11 is 6.51. The van der Waals surface area contributed by atoms with Crippen molar-refractivity contribution >= 4 is 39.0 Å².